The van der Waals surface area contributed by atoms with E-state index in [0.29, 0.717) is 0 Å². The van der Waals surface area contributed by atoms with Gasteiger partial charge >= 0.3 is 6.18 Å². The van der Waals surface area contributed by atoms with Gasteiger partial charge in [0.1, 0.15) is 6.04 Å². The van der Waals surface area contributed by atoms with Crippen molar-refractivity contribution in [3.8, 4) is 0 Å². The maximum absolute atomic E-state index is 12.2. The average Bonchev–Trinajstić information content (AvgIpc) is 2.48. The van der Waals surface area contributed by atoms with E-state index in [2.05, 4.69) is 5.10 Å². The fraction of sp³-hybridized carbons (Fsp3) is 0.625. The number of aromatic nitrogens is 2. The minimum absolute atomic E-state index is 0.00815. The minimum atomic E-state index is -4.41. The van der Waals surface area contributed by atoms with E-state index in [0.717, 1.165) is 6.20 Å². The zero-order valence-corrected chi connectivity index (χ0v) is 7.92. The van der Waals surface area contributed by atoms with E-state index in [-0.39, 0.29) is 11.6 Å². The lowest BCUT2D eigenvalue weighted by atomic mass is 10.2. The second-order valence-corrected chi connectivity index (χ2v) is 3.37. The van der Waals surface area contributed by atoms with Gasteiger partial charge in [-0.15, -0.1) is 0 Å². The molecule has 0 saturated heterocycles. The van der Waals surface area contributed by atoms with Crippen LogP contribution in [0, 0.1) is 0 Å². The average molecular weight is 207 g/mol. The van der Waals surface area contributed by atoms with Crippen LogP contribution in [-0.2, 0) is 0 Å². The lowest BCUT2D eigenvalue weighted by molar-refractivity contribution is -0.149. The van der Waals surface area contributed by atoms with Crippen molar-refractivity contribution in [3.63, 3.8) is 0 Å². The molecule has 0 saturated carbocycles. The predicted molar refractivity (Wildman–Crippen MR) is 45.6 cm³/mol. The first-order valence-corrected chi connectivity index (χ1v) is 4.18. The van der Waals surface area contributed by atoms with Gasteiger partial charge in [0.2, 0.25) is 0 Å². The van der Waals surface area contributed by atoms with Crippen molar-refractivity contribution in [2.75, 3.05) is 0 Å². The number of nitrogens with zero attached hydrogens (tertiary/aromatic N) is 2. The molecule has 2 N–H and O–H groups in total. The second kappa shape index (κ2) is 3.61. The van der Waals surface area contributed by atoms with Crippen molar-refractivity contribution < 1.29 is 13.2 Å². The van der Waals surface area contributed by atoms with Crippen LogP contribution in [0.2, 0.25) is 0 Å². The number of nitrogens with two attached hydrogens (primary N) is 1. The summed E-state index contributed by atoms with van der Waals surface area (Å²) in [5.74, 6) is 0. The van der Waals surface area contributed by atoms with E-state index in [1.165, 1.54) is 10.9 Å². The molecule has 80 valence electrons. The zero-order chi connectivity index (χ0) is 10.9. The van der Waals surface area contributed by atoms with Crippen molar-refractivity contribution in [2.45, 2.75) is 32.1 Å². The van der Waals surface area contributed by atoms with Gasteiger partial charge in [0.25, 0.3) is 0 Å². The van der Waals surface area contributed by atoms with Crippen molar-refractivity contribution in [1.29, 1.82) is 0 Å². The van der Waals surface area contributed by atoms with Crippen LogP contribution < -0.4 is 5.73 Å². The van der Waals surface area contributed by atoms with Gasteiger partial charge < -0.3 is 5.73 Å². The molecule has 0 radical (unpaired) electrons. The molecule has 0 spiro atoms. The van der Waals surface area contributed by atoms with Crippen molar-refractivity contribution in [2.24, 2.45) is 5.73 Å². The standard InChI is InChI=1S/C8H12F3N3/c1-5(2)14-4-6(3-13-14)7(12)8(9,10)11/h3-5,7H,12H2,1-2H3. The second-order valence-electron chi connectivity index (χ2n) is 3.37. The van der Waals surface area contributed by atoms with Crippen LogP contribution in [0.15, 0.2) is 12.4 Å². The molecule has 1 aromatic heterocycles. The molecule has 1 atom stereocenters. The molecule has 0 aromatic carbocycles. The summed E-state index contributed by atoms with van der Waals surface area (Å²) in [6.07, 6.45) is -1.94. The SMILES string of the molecule is CC(C)n1cc(C(N)C(F)(F)F)cn1. The summed E-state index contributed by atoms with van der Waals surface area (Å²) >= 11 is 0. The van der Waals surface area contributed by atoms with Gasteiger partial charge in [-0.25, -0.2) is 0 Å². The number of hydrogen-bond donors (Lipinski definition) is 1. The van der Waals surface area contributed by atoms with Crippen LogP contribution in [0.25, 0.3) is 0 Å². The molecular weight excluding hydrogens is 195 g/mol. The highest BCUT2D eigenvalue weighted by Gasteiger charge is 2.38. The summed E-state index contributed by atoms with van der Waals surface area (Å²) in [5.41, 5.74) is 5.00. The maximum Gasteiger partial charge on any atom is 0.407 e. The Balaban J connectivity index is 2.87. The Morgan fingerprint density at radius 3 is 2.36 bits per heavy atom. The Hall–Kier alpha value is -1.04. The highest BCUT2D eigenvalue weighted by atomic mass is 19.4. The van der Waals surface area contributed by atoms with Gasteiger partial charge in [-0.05, 0) is 13.8 Å². The Morgan fingerprint density at radius 2 is 2.00 bits per heavy atom. The molecular formula is C8H12F3N3. The third-order valence-corrected chi connectivity index (χ3v) is 1.86. The van der Waals surface area contributed by atoms with Gasteiger partial charge in [0.05, 0.1) is 6.20 Å². The lowest BCUT2D eigenvalue weighted by Crippen LogP contribution is -2.28. The molecule has 1 heterocycles. The number of alkyl halides is 3. The van der Waals surface area contributed by atoms with E-state index in [9.17, 15) is 13.2 Å². The van der Waals surface area contributed by atoms with E-state index in [4.69, 9.17) is 5.73 Å². The van der Waals surface area contributed by atoms with Crippen LogP contribution >= 0.6 is 0 Å². The Labute approximate surface area is 79.7 Å². The van der Waals surface area contributed by atoms with E-state index in [1.807, 2.05) is 13.8 Å². The molecule has 1 aromatic rings. The zero-order valence-electron chi connectivity index (χ0n) is 7.92. The largest absolute Gasteiger partial charge is 0.407 e. The van der Waals surface area contributed by atoms with Gasteiger partial charge in [0, 0.05) is 17.8 Å². The van der Waals surface area contributed by atoms with Crippen molar-refractivity contribution in [3.05, 3.63) is 18.0 Å². The third-order valence-electron chi connectivity index (χ3n) is 1.86. The molecule has 0 aliphatic carbocycles. The quantitative estimate of drug-likeness (QED) is 0.806. The maximum atomic E-state index is 12.2. The van der Waals surface area contributed by atoms with Crippen LogP contribution in [-0.4, -0.2) is 16.0 Å². The first-order chi connectivity index (χ1) is 6.32. The summed E-state index contributed by atoms with van der Waals surface area (Å²) in [4.78, 5) is 0. The monoisotopic (exact) mass is 207 g/mol. The van der Waals surface area contributed by atoms with Gasteiger partial charge in [-0.3, -0.25) is 4.68 Å². The molecule has 0 fully saturated rings. The molecule has 0 aliphatic heterocycles. The predicted octanol–water partition coefficient (Wildman–Crippen LogP) is 2.03. The fourth-order valence-electron chi connectivity index (χ4n) is 0.985. The first kappa shape index (κ1) is 11.0. The molecule has 6 heteroatoms. The van der Waals surface area contributed by atoms with Gasteiger partial charge in [0.15, 0.2) is 0 Å². The summed E-state index contributed by atoms with van der Waals surface area (Å²) in [7, 11) is 0. The Morgan fingerprint density at radius 1 is 1.43 bits per heavy atom. The number of hydrogen-bond acceptors (Lipinski definition) is 2. The Bertz CT molecular complexity index is 303. The van der Waals surface area contributed by atoms with Crippen LogP contribution in [0.1, 0.15) is 31.5 Å². The third kappa shape index (κ3) is 2.25. The normalized spacial score (nSPS) is 14.8. The lowest BCUT2D eigenvalue weighted by Gasteiger charge is -2.13. The molecule has 0 bridgehead atoms. The molecule has 0 amide bonds. The van der Waals surface area contributed by atoms with Crippen LogP contribution in [0.4, 0.5) is 13.2 Å². The smallest absolute Gasteiger partial charge is 0.316 e. The molecule has 3 nitrogen and oxygen atoms in total. The Kier molecular flexibility index (Phi) is 2.84. The highest BCUT2D eigenvalue weighted by molar-refractivity contribution is 5.12. The van der Waals surface area contributed by atoms with Gasteiger partial charge in [-0.2, -0.15) is 18.3 Å². The summed E-state index contributed by atoms with van der Waals surface area (Å²) in [6.45, 7) is 3.66. The molecule has 14 heavy (non-hydrogen) atoms. The summed E-state index contributed by atoms with van der Waals surface area (Å²) in [6, 6.07) is -1.92. The van der Waals surface area contributed by atoms with Crippen LogP contribution in [0.5, 0.6) is 0 Å². The first-order valence-electron chi connectivity index (χ1n) is 4.18. The van der Waals surface area contributed by atoms with E-state index >= 15 is 0 Å². The number of halogens is 3. The number of rotatable bonds is 2. The van der Waals surface area contributed by atoms with Crippen molar-refractivity contribution >= 4 is 0 Å². The fourth-order valence-corrected chi connectivity index (χ4v) is 0.985. The van der Waals surface area contributed by atoms with E-state index in [1.54, 1.807) is 0 Å². The van der Waals surface area contributed by atoms with Gasteiger partial charge in [-0.1, -0.05) is 0 Å². The summed E-state index contributed by atoms with van der Waals surface area (Å²) in [5, 5.41) is 3.79. The molecule has 0 aliphatic rings. The van der Waals surface area contributed by atoms with E-state index < -0.39 is 12.2 Å². The van der Waals surface area contributed by atoms with Crippen molar-refractivity contribution in [1.82, 2.24) is 9.78 Å². The molecule has 1 rings (SSSR count). The topological polar surface area (TPSA) is 43.8 Å². The van der Waals surface area contributed by atoms with Crippen LogP contribution in [0.3, 0.4) is 0 Å². The molecule has 1 unspecified atom stereocenters. The minimum Gasteiger partial charge on any atom is -0.316 e. The highest BCUT2D eigenvalue weighted by Crippen LogP contribution is 2.30. The summed E-state index contributed by atoms with van der Waals surface area (Å²) < 4.78 is 38.0.